The van der Waals surface area contributed by atoms with E-state index in [1.807, 2.05) is 41.5 Å². The van der Waals surface area contributed by atoms with Crippen LogP contribution < -0.4 is 0 Å². The molecule has 0 rings (SSSR count). The van der Waals surface area contributed by atoms with Crippen molar-refractivity contribution < 1.29 is 29.0 Å². The molecule has 134 valence electrons. The molecule has 0 aliphatic rings. The van der Waals surface area contributed by atoms with Crippen molar-refractivity contribution >= 4 is 17.9 Å². The third-order valence-electron chi connectivity index (χ3n) is 4.49. The van der Waals surface area contributed by atoms with Gasteiger partial charge in [0.1, 0.15) is 13.2 Å². The summed E-state index contributed by atoms with van der Waals surface area (Å²) >= 11 is 0. The van der Waals surface area contributed by atoms with Crippen molar-refractivity contribution in [1.29, 1.82) is 0 Å². The molecular weight excluding hydrogens is 300 g/mol. The van der Waals surface area contributed by atoms with Crippen molar-refractivity contribution in [3.05, 3.63) is 0 Å². The highest BCUT2D eigenvalue weighted by atomic mass is 16.6. The van der Waals surface area contributed by atoms with Gasteiger partial charge in [-0.25, -0.2) is 0 Å². The number of hydrogen-bond acceptors (Lipinski definition) is 5. The van der Waals surface area contributed by atoms with Crippen LogP contribution in [0.25, 0.3) is 0 Å². The minimum Gasteiger partial charge on any atom is -0.481 e. The molecule has 0 aromatic heterocycles. The summed E-state index contributed by atoms with van der Waals surface area (Å²) in [6, 6.07) is 0. The first-order valence-electron chi connectivity index (χ1n) is 7.97. The summed E-state index contributed by atoms with van der Waals surface area (Å²) in [5, 5.41) is 8.48. The molecule has 0 radical (unpaired) electrons. The van der Waals surface area contributed by atoms with E-state index in [4.69, 9.17) is 14.6 Å². The van der Waals surface area contributed by atoms with Gasteiger partial charge in [0.25, 0.3) is 0 Å². The number of carboxylic acid groups (broad SMARTS) is 1. The van der Waals surface area contributed by atoms with E-state index < -0.39 is 17.4 Å². The molecule has 6 heteroatoms. The van der Waals surface area contributed by atoms with Crippen molar-refractivity contribution in [2.45, 2.75) is 60.8 Å². The smallest absolute Gasteiger partial charge is 0.312 e. The van der Waals surface area contributed by atoms with Crippen LogP contribution in [0, 0.1) is 16.7 Å². The molecule has 0 aliphatic heterocycles. The highest BCUT2D eigenvalue weighted by molar-refractivity contribution is 5.77. The minimum atomic E-state index is -0.943. The zero-order valence-corrected chi connectivity index (χ0v) is 15.1. The first-order valence-corrected chi connectivity index (χ1v) is 7.97. The lowest BCUT2D eigenvalue weighted by Gasteiger charge is -2.42. The quantitative estimate of drug-likeness (QED) is 0.516. The van der Waals surface area contributed by atoms with Crippen molar-refractivity contribution in [2.75, 3.05) is 13.2 Å². The van der Waals surface area contributed by atoms with Gasteiger partial charge in [-0.1, -0.05) is 34.6 Å². The molecular formula is C17H30O6. The SMILES string of the molecule is CC(C)C(C)(C(=O)OCCOC(=O)CCCC(=O)O)C(C)(C)C. The van der Waals surface area contributed by atoms with Crippen LogP contribution in [0.1, 0.15) is 60.8 Å². The molecule has 0 heterocycles. The highest BCUT2D eigenvalue weighted by Crippen LogP contribution is 2.45. The highest BCUT2D eigenvalue weighted by Gasteiger charge is 2.47. The molecule has 0 amide bonds. The topological polar surface area (TPSA) is 89.9 Å². The fraction of sp³-hybridized carbons (Fsp3) is 0.824. The number of ether oxygens (including phenoxy) is 2. The van der Waals surface area contributed by atoms with Gasteiger partial charge in [0, 0.05) is 12.8 Å². The Hall–Kier alpha value is -1.59. The van der Waals surface area contributed by atoms with Gasteiger partial charge in [-0.05, 0) is 24.7 Å². The van der Waals surface area contributed by atoms with Gasteiger partial charge in [0.05, 0.1) is 5.41 Å². The summed E-state index contributed by atoms with van der Waals surface area (Å²) in [4.78, 5) is 34.1. The van der Waals surface area contributed by atoms with Crippen molar-refractivity contribution in [3.63, 3.8) is 0 Å². The van der Waals surface area contributed by atoms with E-state index in [2.05, 4.69) is 0 Å². The Labute approximate surface area is 138 Å². The van der Waals surface area contributed by atoms with E-state index in [-0.39, 0.29) is 49.8 Å². The number of aliphatic carboxylic acids is 1. The van der Waals surface area contributed by atoms with Crippen molar-refractivity contribution in [1.82, 2.24) is 0 Å². The molecule has 6 nitrogen and oxygen atoms in total. The van der Waals surface area contributed by atoms with E-state index in [1.165, 1.54) is 0 Å². The summed E-state index contributed by atoms with van der Waals surface area (Å²) in [6.45, 7) is 11.8. The zero-order valence-electron chi connectivity index (χ0n) is 15.1. The number of carbonyl (C=O) groups excluding carboxylic acids is 2. The van der Waals surface area contributed by atoms with Gasteiger partial charge in [-0.3, -0.25) is 14.4 Å². The van der Waals surface area contributed by atoms with Crippen LogP contribution in [-0.2, 0) is 23.9 Å². The second-order valence-electron chi connectivity index (χ2n) is 7.21. The lowest BCUT2D eigenvalue weighted by atomic mass is 9.62. The summed E-state index contributed by atoms with van der Waals surface area (Å²) in [5.41, 5.74) is -0.899. The first kappa shape index (κ1) is 21.4. The molecule has 0 spiro atoms. The Morgan fingerprint density at radius 3 is 1.91 bits per heavy atom. The molecule has 0 aromatic carbocycles. The Kier molecular flexibility index (Phi) is 8.28. The molecule has 0 saturated heterocycles. The van der Waals surface area contributed by atoms with E-state index >= 15 is 0 Å². The first-order chi connectivity index (χ1) is 10.4. The van der Waals surface area contributed by atoms with Crippen molar-refractivity contribution in [3.8, 4) is 0 Å². The number of carboxylic acids is 1. The molecule has 1 N–H and O–H groups in total. The average molecular weight is 330 g/mol. The third-order valence-corrected chi connectivity index (χ3v) is 4.49. The number of carbonyl (C=O) groups is 3. The Morgan fingerprint density at radius 2 is 1.48 bits per heavy atom. The molecule has 0 bridgehead atoms. The van der Waals surface area contributed by atoms with Crippen LogP contribution in [-0.4, -0.2) is 36.2 Å². The fourth-order valence-electron chi connectivity index (χ4n) is 2.30. The average Bonchev–Trinajstić information content (AvgIpc) is 2.40. The van der Waals surface area contributed by atoms with Gasteiger partial charge in [0.2, 0.25) is 0 Å². The monoisotopic (exact) mass is 330 g/mol. The van der Waals surface area contributed by atoms with Crippen LogP contribution in [0.15, 0.2) is 0 Å². The normalized spacial score (nSPS) is 14.2. The predicted molar refractivity (Wildman–Crippen MR) is 85.8 cm³/mol. The second-order valence-corrected chi connectivity index (χ2v) is 7.21. The molecule has 0 aromatic rings. The van der Waals surface area contributed by atoms with Gasteiger partial charge >= 0.3 is 17.9 Å². The molecule has 1 unspecified atom stereocenters. The lowest BCUT2D eigenvalue weighted by Crippen LogP contribution is -2.46. The summed E-state index contributed by atoms with van der Waals surface area (Å²) in [7, 11) is 0. The Morgan fingerprint density at radius 1 is 0.957 bits per heavy atom. The number of hydrogen-bond donors (Lipinski definition) is 1. The maximum atomic E-state index is 12.4. The van der Waals surface area contributed by atoms with E-state index in [9.17, 15) is 14.4 Å². The van der Waals surface area contributed by atoms with Crippen LogP contribution in [0.3, 0.4) is 0 Å². The van der Waals surface area contributed by atoms with E-state index in [1.54, 1.807) is 0 Å². The Balaban J connectivity index is 4.24. The summed E-state index contributed by atoms with van der Waals surface area (Å²) < 4.78 is 10.2. The maximum absolute atomic E-state index is 12.4. The van der Waals surface area contributed by atoms with Crippen LogP contribution in [0.4, 0.5) is 0 Å². The fourth-order valence-corrected chi connectivity index (χ4v) is 2.30. The van der Waals surface area contributed by atoms with Crippen LogP contribution in [0.5, 0.6) is 0 Å². The molecule has 1 atom stereocenters. The largest absolute Gasteiger partial charge is 0.481 e. The molecule has 0 aliphatic carbocycles. The summed E-state index contributed by atoms with van der Waals surface area (Å²) in [5.74, 6) is -1.62. The lowest BCUT2D eigenvalue weighted by molar-refractivity contribution is -0.169. The molecule has 23 heavy (non-hydrogen) atoms. The van der Waals surface area contributed by atoms with Gasteiger partial charge < -0.3 is 14.6 Å². The second kappa shape index (κ2) is 8.89. The number of rotatable bonds is 9. The van der Waals surface area contributed by atoms with E-state index in [0.717, 1.165) is 0 Å². The van der Waals surface area contributed by atoms with Gasteiger partial charge in [-0.2, -0.15) is 0 Å². The predicted octanol–water partition coefficient (Wildman–Crippen LogP) is 3.04. The Bertz CT molecular complexity index is 421. The van der Waals surface area contributed by atoms with Gasteiger partial charge in [-0.15, -0.1) is 0 Å². The third kappa shape index (κ3) is 6.59. The van der Waals surface area contributed by atoms with E-state index in [0.29, 0.717) is 0 Å². The van der Waals surface area contributed by atoms with Crippen LogP contribution >= 0.6 is 0 Å². The van der Waals surface area contributed by atoms with Gasteiger partial charge in [0.15, 0.2) is 0 Å². The zero-order chi connectivity index (χ0) is 18.3. The molecule has 0 fully saturated rings. The van der Waals surface area contributed by atoms with Crippen LogP contribution in [0.2, 0.25) is 0 Å². The number of esters is 2. The summed E-state index contributed by atoms with van der Waals surface area (Å²) in [6.07, 6.45) is 0.220. The van der Waals surface area contributed by atoms with Crippen molar-refractivity contribution in [2.24, 2.45) is 16.7 Å². The minimum absolute atomic E-state index is 0.00188. The maximum Gasteiger partial charge on any atom is 0.312 e. The molecule has 0 saturated carbocycles. The standard InChI is InChI=1S/C17H30O6/c1-12(2)17(6,16(3,4)5)15(21)23-11-10-22-14(20)9-7-8-13(18)19/h12H,7-11H2,1-6H3,(H,18,19).